The predicted molar refractivity (Wildman–Crippen MR) is 104 cm³/mol. The highest BCUT2D eigenvalue weighted by molar-refractivity contribution is 6.01. The van der Waals surface area contributed by atoms with Crippen LogP contribution in [0, 0.1) is 28.6 Å². The van der Waals surface area contributed by atoms with Gasteiger partial charge in [-0.25, -0.2) is 0 Å². The van der Waals surface area contributed by atoms with E-state index in [1.165, 1.54) is 0 Å². The van der Waals surface area contributed by atoms with Gasteiger partial charge < -0.3 is 19.7 Å². The maximum absolute atomic E-state index is 13.0. The number of hydrogen-bond acceptors (Lipinski definition) is 6. The number of hydrogen-bond donors (Lipinski definition) is 2. The minimum atomic E-state index is -1.20. The van der Waals surface area contributed by atoms with E-state index in [-0.39, 0.29) is 34.7 Å². The highest BCUT2D eigenvalue weighted by atomic mass is 16.7. The number of Topliss-reactive ketones (excluding diaryl/α,β-unsaturated/α-hetero) is 1. The fourth-order valence-corrected chi connectivity index (χ4v) is 7.86. The molecule has 1 heterocycles. The summed E-state index contributed by atoms with van der Waals surface area (Å²) in [5.41, 5.74) is -1.05. The molecule has 5 aliphatic rings. The Labute approximate surface area is 170 Å². The molecule has 1 unspecified atom stereocenters. The van der Waals surface area contributed by atoms with Crippen molar-refractivity contribution in [2.24, 2.45) is 28.6 Å². The van der Waals surface area contributed by atoms with Crippen molar-refractivity contribution in [2.45, 2.75) is 70.6 Å². The number of aliphatic hydroxyl groups is 2. The van der Waals surface area contributed by atoms with Crippen molar-refractivity contribution in [1.82, 2.24) is 0 Å². The molecule has 9 atom stereocenters. The molecule has 4 aliphatic carbocycles. The number of fused-ring (bicyclic) bond motifs is 7. The number of carbonyl (C=O) groups excluding carboxylic acids is 2. The second-order valence-electron chi connectivity index (χ2n) is 10.1. The van der Waals surface area contributed by atoms with Gasteiger partial charge in [-0.1, -0.05) is 25.5 Å². The van der Waals surface area contributed by atoms with E-state index in [2.05, 4.69) is 6.92 Å². The predicted octanol–water partition coefficient (Wildman–Crippen LogP) is 1.94. The van der Waals surface area contributed by atoms with Gasteiger partial charge in [0.1, 0.15) is 6.61 Å². The second-order valence-corrected chi connectivity index (χ2v) is 10.1. The van der Waals surface area contributed by atoms with Crippen molar-refractivity contribution in [3.8, 4) is 0 Å². The number of allylic oxidation sites excluding steroid dienone is 4. The average Bonchev–Trinajstić information content (AvgIpc) is 3.12. The van der Waals surface area contributed by atoms with Gasteiger partial charge in [0.25, 0.3) is 0 Å². The maximum Gasteiger partial charge on any atom is 0.193 e. The molecule has 4 fully saturated rings. The number of aliphatic hydroxyl groups excluding tert-OH is 2. The minimum Gasteiger partial charge on any atom is -0.393 e. The summed E-state index contributed by atoms with van der Waals surface area (Å²) < 4.78 is 12.2. The molecule has 1 saturated heterocycles. The second kappa shape index (κ2) is 6.10. The largest absolute Gasteiger partial charge is 0.393 e. The molecule has 0 amide bonds. The summed E-state index contributed by atoms with van der Waals surface area (Å²) in [5.74, 6) is 0.00833. The van der Waals surface area contributed by atoms with Crippen molar-refractivity contribution in [2.75, 3.05) is 6.61 Å². The zero-order valence-corrected chi connectivity index (χ0v) is 17.3. The van der Waals surface area contributed by atoms with Crippen LogP contribution in [0.1, 0.15) is 46.5 Å². The lowest BCUT2D eigenvalue weighted by Gasteiger charge is -2.59. The first-order valence-corrected chi connectivity index (χ1v) is 10.8. The Morgan fingerprint density at radius 3 is 2.83 bits per heavy atom. The third-order valence-corrected chi connectivity index (χ3v) is 8.92. The summed E-state index contributed by atoms with van der Waals surface area (Å²) in [6.07, 6.45) is 6.61. The Balaban J connectivity index is 1.59. The lowest BCUT2D eigenvalue weighted by Crippen LogP contribution is -2.63. The van der Waals surface area contributed by atoms with Crippen molar-refractivity contribution in [3.05, 3.63) is 23.8 Å². The van der Waals surface area contributed by atoms with E-state index < -0.39 is 36.1 Å². The van der Waals surface area contributed by atoms with Crippen molar-refractivity contribution in [3.63, 3.8) is 0 Å². The van der Waals surface area contributed by atoms with Gasteiger partial charge in [-0.05, 0) is 56.6 Å². The molecule has 6 nitrogen and oxygen atoms in total. The number of ether oxygens (including phenoxy) is 2. The lowest BCUT2D eigenvalue weighted by molar-refractivity contribution is -0.197. The van der Waals surface area contributed by atoms with E-state index in [1.807, 2.05) is 13.0 Å². The normalized spacial score (nSPS) is 53.0. The Hall–Kier alpha value is -1.34. The molecule has 0 aromatic carbocycles. The van der Waals surface area contributed by atoms with Crippen LogP contribution < -0.4 is 0 Å². The van der Waals surface area contributed by atoms with E-state index >= 15 is 0 Å². The first kappa shape index (κ1) is 19.6. The summed E-state index contributed by atoms with van der Waals surface area (Å²) >= 11 is 0. The van der Waals surface area contributed by atoms with Gasteiger partial charge in [0.2, 0.25) is 0 Å². The minimum absolute atomic E-state index is 0.0116. The van der Waals surface area contributed by atoms with Crippen molar-refractivity contribution < 1.29 is 29.3 Å². The van der Waals surface area contributed by atoms with Crippen LogP contribution >= 0.6 is 0 Å². The van der Waals surface area contributed by atoms with Crippen LogP contribution in [0.5, 0.6) is 0 Å². The molecule has 1 aliphatic heterocycles. The third-order valence-electron chi connectivity index (χ3n) is 8.92. The SMILES string of the molecule is C[C@@H]1OC2C[C@H]3[C@@H]4CCC5=CC(=O)C=C[C@]5(C)[C@H]4[C@@H](O)C[C@]3(C)[C@]2(C(=O)CO)O1. The molecule has 3 saturated carbocycles. The molecular formula is C23H30O6. The maximum atomic E-state index is 13.0. The fraction of sp³-hybridized carbons (Fsp3) is 0.739. The van der Waals surface area contributed by atoms with Crippen LogP contribution in [-0.2, 0) is 19.1 Å². The molecule has 0 bridgehead atoms. The highest BCUT2D eigenvalue weighted by Gasteiger charge is 2.75. The monoisotopic (exact) mass is 402 g/mol. The molecule has 29 heavy (non-hydrogen) atoms. The summed E-state index contributed by atoms with van der Waals surface area (Å²) in [6, 6.07) is 0. The summed E-state index contributed by atoms with van der Waals surface area (Å²) in [5, 5.41) is 21.2. The van der Waals surface area contributed by atoms with Crippen LogP contribution in [0.3, 0.4) is 0 Å². The zero-order chi connectivity index (χ0) is 20.8. The van der Waals surface area contributed by atoms with Gasteiger partial charge in [0.05, 0.1) is 12.2 Å². The van der Waals surface area contributed by atoms with Crippen LogP contribution in [0.15, 0.2) is 23.8 Å². The standard InChI is InChI=1S/C23H30O6/c1-12-28-19-9-16-15-5-4-13-8-14(25)6-7-21(13,2)20(15)17(26)10-22(16,3)23(19,29-12)18(27)11-24/h6-8,12,15-17,19-20,24,26H,4-5,9-11H2,1-3H3/t12-,15+,16+,17+,19?,20-,21+,22+,23-/m1/s1. The van der Waals surface area contributed by atoms with Crippen LogP contribution in [0.25, 0.3) is 0 Å². The van der Waals surface area contributed by atoms with E-state index in [0.717, 1.165) is 18.4 Å². The molecular weight excluding hydrogens is 372 g/mol. The molecule has 0 aromatic rings. The molecule has 0 aromatic heterocycles. The Kier molecular flexibility index (Phi) is 4.12. The van der Waals surface area contributed by atoms with Crippen LogP contribution in [-0.4, -0.2) is 52.5 Å². The van der Waals surface area contributed by atoms with Gasteiger partial charge in [0, 0.05) is 16.7 Å². The van der Waals surface area contributed by atoms with Gasteiger partial charge in [-0.2, -0.15) is 0 Å². The Morgan fingerprint density at radius 2 is 2.10 bits per heavy atom. The van der Waals surface area contributed by atoms with Gasteiger partial charge in [-0.3, -0.25) is 9.59 Å². The topological polar surface area (TPSA) is 93.1 Å². The van der Waals surface area contributed by atoms with Gasteiger partial charge >= 0.3 is 0 Å². The van der Waals surface area contributed by atoms with Gasteiger partial charge in [-0.15, -0.1) is 0 Å². The molecule has 0 radical (unpaired) electrons. The summed E-state index contributed by atoms with van der Waals surface area (Å²) in [4.78, 5) is 25.0. The highest BCUT2D eigenvalue weighted by Crippen LogP contribution is 2.69. The van der Waals surface area contributed by atoms with E-state index in [1.54, 1.807) is 19.1 Å². The van der Waals surface area contributed by atoms with E-state index in [4.69, 9.17) is 9.47 Å². The van der Waals surface area contributed by atoms with Crippen molar-refractivity contribution >= 4 is 11.6 Å². The number of rotatable bonds is 2. The van der Waals surface area contributed by atoms with Gasteiger partial charge in [0.15, 0.2) is 23.5 Å². The molecule has 0 spiro atoms. The molecule has 5 rings (SSSR count). The quantitative estimate of drug-likeness (QED) is 0.733. The summed E-state index contributed by atoms with van der Waals surface area (Å²) in [7, 11) is 0. The van der Waals surface area contributed by atoms with Crippen LogP contribution in [0.4, 0.5) is 0 Å². The molecule has 2 N–H and O–H groups in total. The third kappa shape index (κ3) is 2.26. The first-order valence-electron chi connectivity index (χ1n) is 10.8. The average molecular weight is 402 g/mol. The van der Waals surface area contributed by atoms with Crippen molar-refractivity contribution in [1.29, 1.82) is 0 Å². The van der Waals surface area contributed by atoms with E-state index in [9.17, 15) is 19.8 Å². The molecule has 158 valence electrons. The Bertz CT molecular complexity index is 831. The van der Waals surface area contributed by atoms with Crippen LogP contribution in [0.2, 0.25) is 0 Å². The Morgan fingerprint density at radius 1 is 1.34 bits per heavy atom. The zero-order valence-electron chi connectivity index (χ0n) is 17.3. The van der Waals surface area contributed by atoms with E-state index in [0.29, 0.717) is 12.8 Å². The lowest BCUT2D eigenvalue weighted by atomic mass is 9.46. The summed E-state index contributed by atoms with van der Waals surface area (Å²) in [6.45, 7) is 5.37. The molecule has 6 heteroatoms. The smallest absolute Gasteiger partial charge is 0.193 e. The number of carbonyl (C=O) groups is 2. The number of ketones is 2. The fourth-order valence-electron chi connectivity index (χ4n) is 7.86. The first-order chi connectivity index (χ1) is 13.7.